The minimum atomic E-state index is 0.131. The molecule has 0 amide bonds. The summed E-state index contributed by atoms with van der Waals surface area (Å²) >= 11 is 9.07. The Morgan fingerprint density at radius 2 is 2.05 bits per heavy atom. The van der Waals surface area contributed by atoms with Gasteiger partial charge in [0, 0.05) is 8.95 Å². The SMILES string of the molecule is CCCNC(c1cc(Br)c(C)cc1Br)c1sccc1OC. The van der Waals surface area contributed by atoms with E-state index in [-0.39, 0.29) is 6.04 Å². The van der Waals surface area contributed by atoms with Crippen molar-refractivity contribution >= 4 is 43.2 Å². The highest BCUT2D eigenvalue weighted by Crippen LogP contribution is 2.39. The van der Waals surface area contributed by atoms with E-state index in [9.17, 15) is 0 Å². The van der Waals surface area contributed by atoms with E-state index in [2.05, 4.69) is 68.5 Å². The Kier molecular flexibility index (Phi) is 6.29. The molecule has 21 heavy (non-hydrogen) atoms. The van der Waals surface area contributed by atoms with Gasteiger partial charge in [0.05, 0.1) is 18.0 Å². The molecule has 2 aromatic rings. The summed E-state index contributed by atoms with van der Waals surface area (Å²) in [6.45, 7) is 5.23. The smallest absolute Gasteiger partial charge is 0.134 e. The first-order valence-corrected chi connectivity index (χ1v) is 9.35. The fourth-order valence-electron chi connectivity index (χ4n) is 2.20. The number of thiophene rings is 1. The number of hydrogen-bond donors (Lipinski definition) is 1. The van der Waals surface area contributed by atoms with Crippen molar-refractivity contribution in [1.29, 1.82) is 0 Å². The average Bonchev–Trinajstić information content (AvgIpc) is 2.93. The van der Waals surface area contributed by atoms with Crippen LogP contribution in [0.3, 0.4) is 0 Å². The van der Waals surface area contributed by atoms with Crippen LogP contribution in [0.15, 0.2) is 32.5 Å². The molecule has 5 heteroatoms. The molecule has 1 unspecified atom stereocenters. The summed E-state index contributed by atoms with van der Waals surface area (Å²) in [5, 5.41) is 5.71. The molecule has 0 bridgehead atoms. The summed E-state index contributed by atoms with van der Waals surface area (Å²) in [4.78, 5) is 1.21. The quantitative estimate of drug-likeness (QED) is 0.633. The van der Waals surface area contributed by atoms with Crippen molar-refractivity contribution < 1.29 is 4.74 Å². The molecule has 2 rings (SSSR count). The van der Waals surface area contributed by atoms with Crippen LogP contribution in [0, 0.1) is 6.92 Å². The van der Waals surface area contributed by atoms with Gasteiger partial charge in [-0.25, -0.2) is 0 Å². The fraction of sp³-hybridized carbons (Fsp3) is 0.375. The number of methoxy groups -OCH3 is 1. The van der Waals surface area contributed by atoms with E-state index >= 15 is 0 Å². The first-order valence-electron chi connectivity index (χ1n) is 6.88. The first-order chi connectivity index (χ1) is 10.1. The average molecular weight is 433 g/mol. The van der Waals surface area contributed by atoms with Crippen LogP contribution < -0.4 is 10.1 Å². The van der Waals surface area contributed by atoms with Crippen LogP contribution in [0.1, 0.15) is 35.4 Å². The zero-order valence-corrected chi connectivity index (χ0v) is 16.4. The van der Waals surface area contributed by atoms with E-state index in [1.54, 1.807) is 18.4 Å². The van der Waals surface area contributed by atoms with Gasteiger partial charge in [0.25, 0.3) is 0 Å². The second-order valence-corrected chi connectivity index (χ2v) is 7.52. The molecule has 0 aliphatic heterocycles. The molecule has 0 fully saturated rings. The molecule has 0 aliphatic rings. The second kappa shape index (κ2) is 7.77. The van der Waals surface area contributed by atoms with E-state index in [1.807, 2.05) is 6.07 Å². The number of rotatable bonds is 6. The summed E-state index contributed by atoms with van der Waals surface area (Å²) < 4.78 is 7.75. The largest absolute Gasteiger partial charge is 0.496 e. The van der Waals surface area contributed by atoms with Gasteiger partial charge < -0.3 is 10.1 Å². The number of hydrogen-bond acceptors (Lipinski definition) is 3. The summed E-state index contributed by atoms with van der Waals surface area (Å²) in [6, 6.07) is 6.50. The van der Waals surface area contributed by atoms with Crippen LogP contribution in [0.25, 0.3) is 0 Å². The maximum absolute atomic E-state index is 5.50. The lowest BCUT2D eigenvalue weighted by Crippen LogP contribution is -2.23. The summed E-state index contributed by atoms with van der Waals surface area (Å²) in [5.74, 6) is 0.942. The van der Waals surface area contributed by atoms with Crippen molar-refractivity contribution in [1.82, 2.24) is 5.32 Å². The van der Waals surface area contributed by atoms with Gasteiger partial charge in [0.15, 0.2) is 0 Å². The minimum Gasteiger partial charge on any atom is -0.496 e. The third-order valence-electron chi connectivity index (χ3n) is 3.33. The maximum Gasteiger partial charge on any atom is 0.134 e. The van der Waals surface area contributed by atoms with E-state index in [0.717, 1.165) is 27.7 Å². The molecule has 0 saturated heterocycles. The van der Waals surface area contributed by atoms with Crippen molar-refractivity contribution in [2.45, 2.75) is 26.3 Å². The molecule has 1 N–H and O–H groups in total. The van der Waals surface area contributed by atoms with Crippen LogP contribution in [0.5, 0.6) is 5.75 Å². The highest BCUT2D eigenvalue weighted by atomic mass is 79.9. The third kappa shape index (κ3) is 3.89. The molecule has 1 heterocycles. The van der Waals surface area contributed by atoms with Crippen LogP contribution >= 0.6 is 43.2 Å². The van der Waals surface area contributed by atoms with Crippen molar-refractivity contribution in [2.75, 3.05) is 13.7 Å². The number of halogens is 2. The van der Waals surface area contributed by atoms with Gasteiger partial charge in [-0.2, -0.15) is 0 Å². The first kappa shape index (κ1) is 17.0. The maximum atomic E-state index is 5.50. The molecule has 0 saturated carbocycles. The van der Waals surface area contributed by atoms with Gasteiger partial charge in [-0.15, -0.1) is 11.3 Å². The standard InChI is InChI=1S/C16H19Br2NOS/c1-4-6-19-15(16-14(20-3)5-7-21-16)11-9-12(17)10(2)8-13(11)18/h5,7-9,15,19H,4,6H2,1-3H3. The number of nitrogens with one attached hydrogen (secondary N) is 1. The van der Waals surface area contributed by atoms with Gasteiger partial charge in [-0.3, -0.25) is 0 Å². The molecule has 0 radical (unpaired) electrons. The predicted molar refractivity (Wildman–Crippen MR) is 97.6 cm³/mol. The summed E-state index contributed by atoms with van der Waals surface area (Å²) in [5.41, 5.74) is 2.44. The zero-order valence-electron chi connectivity index (χ0n) is 12.4. The molecule has 1 aromatic heterocycles. The predicted octanol–water partition coefficient (Wildman–Crippen LogP) is 5.68. The minimum absolute atomic E-state index is 0.131. The molecular weight excluding hydrogens is 414 g/mol. The normalized spacial score (nSPS) is 12.4. The summed E-state index contributed by atoms with van der Waals surface area (Å²) in [6.07, 6.45) is 1.09. The highest BCUT2D eigenvalue weighted by Gasteiger charge is 2.22. The zero-order chi connectivity index (χ0) is 15.4. The van der Waals surface area contributed by atoms with Gasteiger partial charge in [0.1, 0.15) is 5.75 Å². The monoisotopic (exact) mass is 431 g/mol. The number of ether oxygens (including phenoxy) is 1. The van der Waals surface area contributed by atoms with Crippen LogP contribution in [0.4, 0.5) is 0 Å². The van der Waals surface area contributed by atoms with Crippen molar-refractivity contribution in [3.05, 3.63) is 48.5 Å². The van der Waals surface area contributed by atoms with Crippen molar-refractivity contribution in [2.24, 2.45) is 0 Å². The lowest BCUT2D eigenvalue weighted by atomic mass is 10.0. The second-order valence-electron chi connectivity index (χ2n) is 4.86. The Bertz CT molecular complexity index is 612. The molecule has 2 nitrogen and oxygen atoms in total. The van der Waals surface area contributed by atoms with Crippen LogP contribution in [0.2, 0.25) is 0 Å². The van der Waals surface area contributed by atoms with E-state index < -0.39 is 0 Å². The Morgan fingerprint density at radius 3 is 2.71 bits per heavy atom. The topological polar surface area (TPSA) is 21.3 Å². The highest BCUT2D eigenvalue weighted by molar-refractivity contribution is 9.11. The molecule has 0 spiro atoms. The Labute approximate surface area is 147 Å². The number of aryl methyl sites for hydroxylation is 1. The van der Waals surface area contributed by atoms with Crippen molar-refractivity contribution in [3.8, 4) is 5.75 Å². The van der Waals surface area contributed by atoms with E-state index in [0.29, 0.717) is 0 Å². The molecule has 1 aromatic carbocycles. The van der Waals surface area contributed by atoms with Gasteiger partial charge in [-0.05, 0) is 54.6 Å². The Balaban J connectivity index is 2.48. The third-order valence-corrected chi connectivity index (χ3v) is 5.83. The van der Waals surface area contributed by atoms with Gasteiger partial charge in [0.2, 0.25) is 0 Å². The summed E-state index contributed by atoms with van der Waals surface area (Å²) in [7, 11) is 1.72. The number of benzene rings is 1. The Morgan fingerprint density at radius 1 is 1.29 bits per heavy atom. The van der Waals surface area contributed by atoms with Gasteiger partial charge >= 0.3 is 0 Å². The van der Waals surface area contributed by atoms with E-state index in [1.165, 1.54) is 16.0 Å². The van der Waals surface area contributed by atoms with Crippen molar-refractivity contribution in [3.63, 3.8) is 0 Å². The van der Waals surface area contributed by atoms with Gasteiger partial charge in [-0.1, -0.05) is 38.8 Å². The molecular formula is C16H19Br2NOS. The van der Waals surface area contributed by atoms with E-state index in [4.69, 9.17) is 4.74 Å². The lowest BCUT2D eigenvalue weighted by molar-refractivity contribution is 0.407. The molecule has 1 atom stereocenters. The van der Waals surface area contributed by atoms with Crippen LogP contribution in [-0.2, 0) is 0 Å². The molecule has 114 valence electrons. The lowest BCUT2D eigenvalue weighted by Gasteiger charge is -2.21. The van der Waals surface area contributed by atoms with Crippen LogP contribution in [-0.4, -0.2) is 13.7 Å². The fourth-order valence-corrected chi connectivity index (χ4v) is 4.20. The Hall–Kier alpha value is -0.360. The molecule has 0 aliphatic carbocycles.